The van der Waals surface area contributed by atoms with Crippen LogP contribution in [-0.2, 0) is 0 Å². The molecule has 4 nitrogen and oxygen atoms in total. The average Bonchev–Trinajstić information content (AvgIpc) is 2.30. The lowest BCUT2D eigenvalue weighted by Crippen LogP contribution is -2.45. The smallest absolute Gasteiger partial charge is 0.356 e. The monoisotopic (exact) mass is 296 g/mol. The first kappa shape index (κ1) is 19.0. The van der Waals surface area contributed by atoms with Crippen LogP contribution in [0.4, 0.5) is 13.2 Å². The van der Waals surface area contributed by atoms with Crippen molar-refractivity contribution in [3.8, 4) is 0 Å². The van der Waals surface area contributed by atoms with Crippen LogP contribution in [0.5, 0.6) is 0 Å². The number of nitrogens with one attached hydrogen (secondary N) is 2. The minimum Gasteiger partial charge on any atom is -0.356 e. The van der Waals surface area contributed by atoms with E-state index in [9.17, 15) is 13.2 Å². The van der Waals surface area contributed by atoms with Crippen molar-refractivity contribution in [2.24, 2.45) is 10.9 Å². The van der Waals surface area contributed by atoms with Gasteiger partial charge < -0.3 is 10.6 Å². The van der Waals surface area contributed by atoms with Crippen molar-refractivity contribution in [3.63, 3.8) is 0 Å². The zero-order valence-corrected chi connectivity index (χ0v) is 13.0. The van der Waals surface area contributed by atoms with Crippen LogP contribution in [0.2, 0.25) is 0 Å². The molecular weight excluding hydrogens is 269 g/mol. The van der Waals surface area contributed by atoms with Gasteiger partial charge in [-0.05, 0) is 32.9 Å². The van der Waals surface area contributed by atoms with Gasteiger partial charge in [-0.1, -0.05) is 13.8 Å². The number of hydrogen-bond donors (Lipinski definition) is 2. The van der Waals surface area contributed by atoms with E-state index in [-0.39, 0.29) is 6.04 Å². The Labute approximate surface area is 119 Å². The Balaban J connectivity index is 3.87. The average molecular weight is 296 g/mol. The lowest BCUT2D eigenvalue weighted by molar-refractivity contribution is -0.143. The highest BCUT2D eigenvalue weighted by Crippen LogP contribution is 2.15. The molecule has 0 fully saturated rings. The van der Waals surface area contributed by atoms with E-state index in [1.165, 1.54) is 11.9 Å². The van der Waals surface area contributed by atoms with Gasteiger partial charge in [-0.15, -0.1) is 0 Å². The standard InChI is InChI=1S/C13H27F3N4/c1-10(2)11(3)19-12(17-4)18-7-6-8-20(5)9-13(14,15)16/h10-11H,6-9H2,1-5H3,(H2,17,18,19). The third-order valence-electron chi connectivity index (χ3n) is 3.05. The van der Waals surface area contributed by atoms with Crippen LogP contribution in [0.3, 0.4) is 0 Å². The number of aliphatic imine (C=N–C) groups is 1. The van der Waals surface area contributed by atoms with Crippen LogP contribution in [0.15, 0.2) is 4.99 Å². The van der Waals surface area contributed by atoms with Crippen LogP contribution in [0.1, 0.15) is 27.2 Å². The first-order valence-electron chi connectivity index (χ1n) is 6.88. The van der Waals surface area contributed by atoms with Gasteiger partial charge in [-0.25, -0.2) is 0 Å². The van der Waals surface area contributed by atoms with E-state index in [0.717, 1.165) is 0 Å². The maximum atomic E-state index is 12.1. The molecule has 120 valence electrons. The Morgan fingerprint density at radius 2 is 1.85 bits per heavy atom. The summed E-state index contributed by atoms with van der Waals surface area (Å²) in [7, 11) is 3.15. The summed E-state index contributed by atoms with van der Waals surface area (Å²) in [4.78, 5) is 5.36. The van der Waals surface area contributed by atoms with E-state index in [1.54, 1.807) is 7.05 Å². The van der Waals surface area contributed by atoms with Crippen LogP contribution in [-0.4, -0.2) is 56.8 Å². The molecule has 0 aliphatic heterocycles. The summed E-state index contributed by atoms with van der Waals surface area (Å²) >= 11 is 0. The van der Waals surface area contributed by atoms with E-state index < -0.39 is 12.7 Å². The number of alkyl halides is 3. The maximum absolute atomic E-state index is 12.1. The fraction of sp³-hybridized carbons (Fsp3) is 0.923. The van der Waals surface area contributed by atoms with Crippen molar-refractivity contribution in [2.45, 2.75) is 39.4 Å². The molecule has 7 heteroatoms. The summed E-state index contributed by atoms with van der Waals surface area (Å²) < 4.78 is 36.4. The third kappa shape index (κ3) is 9.89. The molecular formula is C13H27F3N4. The zero-order chi connectivity index (χ0) is 15.8. The SMILES string of the molecule is CN=C(NCCCN(C)CC(F)(F)F)NC(C)C(C)C. The van der Waals surface area contributed by atoms with Crippen LogP contribution in [0, 0.1) is 5.92 Å². The molecule has 0 radical (unpaired) electrons. The molecule has 1 atom stereocenters. The van der Waals surface area contributed by atoms with Crippen molar-refractivity contribution >= 4 is 5.96 Å². The Kier molecular flexibility index (Phi) is 8.60. The molecule has 0 aromatic heterocycles. The molecule has 0 spiro atoms. The molecule has 0 aromatic carbocycles. The highest BCUT2D eigenvalue weighted by molar-refractivity contribution is 5.79. The highest BCUT2D eigenvalue weighted by Gasteiger charge is 2.28. The van der Waals surface area contributed by atoms with E-state index in [0.29, 0.717) is 31.4 Å². The van der Waals surface area contributed by atoms with E-state index in [1.807, 2.05) is 0 Å². The summed E-state index contributed by atoms with van der Waals surface area (Å²) in [6, 6.07) is 0.286. The summed E-state index contributed by atoms with van der Waals surface area (Å²) in [6.45, 7) is 6.39. The Morgan fingerprint density at radius 3 is 2.30 bits per heavy atom. The molecule has 0 aromatic rings. The number of rotatable bonds is 7. The van der Waals surface area contributed by atoms with Gasteiger partial charge in [-0.2, -0.15) is 13.2 Å². The second kappa shape index (κ2) is 9.05. The minimum absolute atomic E-state index is 0.286. The molecule has 20 heavy (non-hydrogen) atoms. The molecule has 0 amide bonds. The maximum Gasteiger partial charge on any atom is 0.401 e. The predicted molar refractivity (Wildman–Crippen MR) is 77.0 cm³/mol. The topological polar surface area (TPSA) is 39.7 Å². The molecule has 0 saturated carbocycles. The van der Waals surface area contributed by atoms with E-state index in [2.05, 4.69) is 36.4 Å². The summed E-state index contributed by atoms with van der Waals surface area (Å²) in [5, 5.41) is 6.34. The summed E-state index contributed by atoms with van der Waals surface area (Å²) in [5.74, 6) is 1.16. The number of guanidine groups is 1. The quantitative estimate of drug-likeness (QED) is 0.429. The third-order valence-corrected chi connectivity index (χ3v) is 3.05. The fourth-order valence-corrected chi connectivity index (χ4v) is 1.52. The highest BCUT2D eigenvalue weighted by atomic mass is 19.4. The molecule has 0 rings (SSSR count). The molecule has 0 aliphatic rings. The largest absolute Gasteiger partial charge is 0.401 e. The second-order valence-electron chi connectivity index (χ2n) is 5.38. The van der Waals surface area contributed by atoms with Gasteiger partial charge in [0.2, 0.25) is 0 Å². The molecule has 0 heterocycles. The first-order chi connectivity index (χ1) is 9.15. The zero-order valence-electron chi connectivity index (χ0n) is 13.0. The lowest BCUT2D eigenvalue weighted by atomic mass is 10.1. The summed E-state index contributed by atoms with van der Waals surface area (Å²) in [5.41, 5.74) is 0. The molecule has 0 saturated heterocycles. The number of halogens is 3. The van der Waals surface area contributed by atoms with Gasteiger partial charge >= 0.3 is 6.18 Å². The Bertz CT molecular complexity index is 290. The normalized spacial score (nSPS) is 14.8. The van der Waals surface area contributed by atoms with Gasteiger partial charge in [0.15, 0.2) is 5.96 Å². The van der Waals surface area contributed by atoms with Gasteiger partial charge in [0.25, 0.3) is 0 Å². The van der Waals surface area contributed by atoms with E-state index >= 15 is 0 Å². The van der Waals surface area contributed by atoms with Crippen LogP contribution >= 0.6 is 0 Å². The molecule has 0 aliphatic carbocycles. The second-order valence-corrected chi connectivity index (χ2v) is 5.38. The fourth-order valence-electron chi connectivity index (χ4n) is 1.52. The van der Waals surface area contributed by atoms with Crippen molar-refractivity contribution in [1.82, 2.24) is 15.5 Å². The Morgan fingerprint density at radius 1 is 1.25 bits per heavy atom. The van der Waals surface area contributed by atoms with Crippen molar-refractivity contribution in [1.29, 1.82) is 0 Å². The van der Waals surface area contributed by atoms with Crippen LogP contribution < -0.4 is 10.6 Å². The number of nitrogens with zero attached hydrogens (tertiary/aromatic N) is 2. The van der Waals surface area contributed by atoms with Gasteiger partial charge in [0, 0.05) is 19.6 Å². The number of hydrogen-bond acceptors (Lipinski definition) is 2. The van der Waals surface area contributed by atoms with Gasteiger partial charge in [0.1, 0.15) is 0 Å². The van der Waals surface area contributed by atoms with Crippen molar-refractivity contribution < 1.29 is 13.2 Å². The Hall–Kier alpha value is -0.980. The predicted octanol–water partition coefficient (Wildman–Crippen LogP) is 2.08. The molecule has 0 bridgehead atoms. The first-order valence-corrected chi connectivity index (χ1v) is 6.88. The van der Waals surface area contributed by atoms with Gasteiger partial charge in [-0.3, -0.25) is 9.89 Å². The van der Waals surface area contributed by atoms with Crippen molar-refractivity contribution in [2.75, 3.05) is 33.7 Å². The summed E-state index contributed by atoms with van der Waals surface area (Å²) in [6.07, 6.45) is -3.50. The van der Waals surface area contributed by atoms with E-state index in [4.69, 9.17) is 0 Å². The van der Waals surface area contributed by atoms with Crippen LogP contribution in [0.25, 0.3) is 0 Å². The molecule has 2 N–H and O–H groups in total. The lowest BCUT2D eigenvalue weighted by Gasteiger charge is -2.21. The molecule has 1 unspecified atom stereocenters. The minimum atomic E-state index is -4.13. The van der Waals surface area contributed by atoms with Gasteiger partial charge in [0.05, 0.1) is 6.54 Å². The van der Waals surface area contributed by atoms with Crippen molar-refractivity contribution in [3.05, 3.63) is 0 Å².